The molecule has 96 valence electrons. The van der Waals surface area contributed by atoms with E-state index in [-0.39, 0.29) is 0 Å². The number of piperidine rings is 1. The molecule has 1 atom stereocenters. The second-order valence-corrected chi connectivity index (χ2v) is 4.97. The minimum absolute atomic E-state index is 0.410. The molecule has 0 aliphatic carbocycles. The maximum Gasteiger partial charge on any atom is 0.194 e. The first-order valence-electron chi connectivity index (χ1n) is 6.49. The Morgan fingerprint density at radius 3 is 2.82 bits per heavy atom. The first-order valence-corrected chi connectivity index (χ1v) is 6.49. The Kier molecular flexibility index (Phi) is 4.02. The van der Waals surface area contributed by atoms with Gasteiger partial charge in [-0.1, -0.05) is 6.42 Å². The summed E-state index contributed by atoms with van der Waals surface area (Å²) >= 11 is 0. The van der Waals surface area contributed by atoms with Crippen LogP contribution in [-0.2, 0) is 0 Å². The molecule has 1 saturated heterocycles. The van der Waals surface area contributed by atoms with Gasteiger partial charge in [0.05, 0.1) is 0 Å². The highest BCUT2D eigenvalue weighted by Gasteiger charge is 2.23. The zero-order chi connectivity index (χ0) is 12.1. The Hall–Kier alpha value is -1.07. The Bertz CT molecular complexity index is 306. The Labute approximate surface area is 103 Å². The number of nitrogens with one attached hydrogen (secondary N) is 1. The molecule has 0 amide bonds. The lowest BCUT2D eigenvalue weighted by molar-refractivity contribution is 0.220. The Balaban J connectivity index is 1.73. The smallest absolute Gasteiger partial charge is 0.194 e. The lowest BCUT2D eigenvalue weighted by Gasteiger charge is -2.29. The summed E-state index contributed by atoms with van der Waals surface area (Å²) in [5.41, 5.74) is 11.2. The molecule has 0 aromatic heterocycles. The van der Waals surface area contributed by atoms with E-state index in [0.717, 1.165) is 19.4 Å². The fourth-order valence-electron chi connectivity index (χ4n) is 2.47. The van der Waals surface area contributed by atoms with E-state index < -0.39 is 5.66 Å². The topological polar surface area (TPSA) is 79.7 Å². The van der Waals surface area contributed by atoms with E-state index in [9.17, 15) is 0 Å². The molecule has 2 rings (SSSR count). The van der Waals surface area contributed by atoms with Crippen molar-refractivity contribution in [2.75, 3.05) is 19.6 Å². The lowest BCUT2D eigenvalue weighted by Crippen LogP contribution is -2.44. The maximum atomic E-state index is 6.15. The van der Waals surface area contributed by atoms with Gasteiger partial charge in [0.25, 0.3) is 0 Å². The van der Waals surface area contributed by atoms with Gasteiger partial charge in [-0.15, -0.1) is 0 Å². The fourth-order valence-corrected chi connectivity index (χ4v) is 2.47. The molecule has 0 bridgehead atoms. The fraction of sp³-hybridized carbons (Fsp3) is 0.750. The quantitative estimate of drug-likeness (QED) is 0.658. The number of hydrogen-bond acceptors (Lipinski definition) is 5. The number of likely N-dealkylation sites (tertiary alicyclic amines) is 1. The summed E-state index contributed by atoms with van der Waals surface area (Å²) in [6.45, 7) is 3.59. The van der Waals surface area contributed by atoms with Crippen molar-refractivity contribution in [2.45, 2.75) is 37.8 Å². The molecular formula is C12H23N5. The molecule has 0 spiro atoms. The summed E-state index contributed by atoms with van der Waals surface area (Å²) < 4.78 is 0. The number of nitrogens with zero attached hydrogens (tertiary/aromatic N) is 2. The first-order chi connectivity index (χ1) is 8.18. The predicted octanol–water partition coefficient (Wildman–Crippen LogP) is 0.339. The van der Waals surface area contributed by atoms with Crippen LogP contribution >= 0.6 is 0 Å². The highest BCUT2D eigenvalue weighted by Crippen LogP contribution is 2.17. The molecule has 2 heterocycles. The van der Waals surface area contributed by atoms with E-state index in [1.54, 1.807) is 6.20 Å². The lowest BCUT2D eigenvalue weighted by atomic mass is 10.0. The van der Waals surface area contributed by atoms with Gasteiger partial charge < -0.3 is 21.7 Å². The van der Waals surface area contributed by atoms with Crippen molar-refractivity contribution in [1.82, 2.24) is 10.2 Å². The number of nitrogens with two attached hydrogens (primary N) is 2. The molecule has 2 aliphatic rings. The van der Waals surface area contributed by atoms with Crippen LogP contribution in [0.2, 0.25) is 0 Å². The molecule has 5 heteroatoms. The molecule has 0 radical (unpaired) electrons. The van der Waals surface area contributed by atoms with E-state index in [1.807, 2.05) is 6.08 Å². The zero-order valence-corrected chi connectivity index (χ0v) is 10.4. The highest BCUT2D eigenvalue weighted by molar-refractivity contribution is 5.80. The minimum Gasteiger partial charge on any atom is -0.370 e. The Morgan fingerprint density at radius 2 is 2.12 bits per heavy atom. The zero-order valence-electron chi connectivity index (χ0n) is 10.4. The number of rotatable bonds is 4. The van der Waals surface area contributed by atoms with Gasteiger partial charge in [-0.05, 0) is 51.4 Å². The van der Waals surface area contributed by atoms with Crippen LogP contribution in [0.15, 0.2) is 17.3 Å². The van der Waals surface area contributed by atoms with Crippen LogP contribution in [0.3, 0.4) is 0 Å². The van der Waals surface area contributed by atoms with Gasteiger partial charge in [-0.25, -0.2) is 4.99 Å². The van der Waals surface area contributed by atoms with Gasteiger partial charge in [-0.3, -0.25) is 0 Å². The van der Waals surface area contributed by atoms with Crippen LogP contribution in [0, 0.1) is 0 Å². The van der Waals surface area contributed by atoms with Crippen molar-refractivity contribution in [3.8, 4) is 0 Å². The van der Waals surface area contributed by atoms with Crippen molar-refractivity contribution in [3.63, 3.8) is 0 Å². The van der Waals surface area contributed by atoms with Crippen LogP contribution in [0.4, 0.5) is 0 Å². The average molecular weight is 237 g/mol. The van der Waals surface area contributed by atoms with Crippen molar-refractivity contribution >= 4 is 5.96 Å². The Morgan fingerprint density at radius 1 is 1.35 bits per heavy atom. The molecule has 0 saturated carbocycles. The third-order valence-corrected chi connectivity index (χ3v) is 3.43. The van der Waals surface area contributed by atoms with Crippen LogP contribution in [0.25, 0.3) is 0 Å². The van der Waals surface area contributed by atoms with Crippen molar-refractivity contribution < 1.29 is 0 Å². The molecule has 0 aromatic carbocycles. The molecule has 5 N–H and O–H groups in total. The number of aliphatic imine (C=N–C) groups is 1. The van der Waals surface area contributed by atoms with E-state index in [4.69, 9.17) is 11.5 Å². The van der Waals surface area contributed by atoms with Gasteiger partial charge >= 0.3 is 0 Å². The second-order valence-electron chi connectivity index (χ2n) is 4.97. The van der Waals surface area contributed by atoms with E-state index >= 15 is 0 Å². The van der Waals surface area contributed by atoms with Crippen LogP contribution < -0.4 is 16.8 Å². The number of guanidine groups is 1. The van der Waals surface area contributed by atoms with E-state index in [2.05, 4.69) is 15.2 Å². The molecule has 1 fully saturated rings. The maximum absolute atomic E-state index is 6.15. The van der Waals surface area contributed by atoms with Crippen LogP contribution in [0.1, 0.15) is 32.1 Å². The van der Waals surface area contributed by atoms with Gasteiger partial charge in [0.15, 0.2) is 5.96 Å². The van der Waals surface area contributed by atoms with Crippen molar-refractivity contribution in [1.29, 1.82) is 0 Å². The summed E-state index contributed by atoms with van der Waals surface area (Å²) in [7, 11) is 0. The summed E-state index contributed by atoms with van der Waals surface area (Å²) in [6, 6.07) is 0. The van der Waals surface area contributed by atoms with Crippen molar-refractivity contribution in [2.24, 2.45) is 16.5 Å². The summed E-state index contributed by atoms with van der Waals surface area (Å²) in [6.07, 6.45) is 9.64. The second kappa shape index (κ2) is 5.51. The average Bonchev–Trinajstić information content (AvgIpc) is 2.30. The van der Waals surface area contributed by atoms with Crippen molar-refractivity contribution in [3.05, 3.63) is 12.3 Å². The molecule has 17 heavy (non-hydrogen) atoms. The molecular weight excluding hydrogens is 214 g/mol. The minimum atomic E-state index is -0.606. The van der Waals surface area contributed by atoms with Crippen LogP contribution in [0.5, 0.6) is 0 Å². The van der Waals surface area contributed by atoms with Gasteiger partial charge in [0.2, 0.25) is 0 Å². The van der Waals surface area contributed by atoms with Gasteiger partial charge in [-0.2, -0.15) is 0 Å². The SMILES string of the molecule is NC1=NC(N)(CCCN2CCCCC2)C=CN1. The van der Waals surface area contributed by atoms with E-state index in [1.165, 1.54) is 32.4 Å². The van der Waals surface area contributed by atoms with Gasteiger partial charge in [0.1, 0.15) is 5.66 Å². The molecule has 5 nitrogen and oxygen atoms in total. The monoisotopic (exact) mass is 237 g/mol. The summed E-state index contributed by atoms with van der Waals surface area (Å²) in [5.74, 6) is 0.410. The van der Waals surface area contributed by atoms with E-state index in [0.29, 0.717) is 5.96 Å². The third-order valence-electron chi connectivity index (χ3n) is 3.43. The van der Waals surface area contributed by atoms with Crippen LogP contribution in [-0.4, -0.2) is 36.2 Å². The third kappa shape index (κ3) is 3.71. The summed E-state index contributed by atoms with van der Waals surface area (Å²) in [5, 5.41) is 2.83. The first kappa shape index (κ1) is 12.4. The molecule has 2 aliphatic heterocycles. The highest BCUT2D eigenvalue weighted by atomic mass is 15.2. The number of hydrogen-bond donors (Lipinski definition) is 3. The summed E-state index contributed by atoms with van der Waals surface area (Å²) in [4.78, 5) is 6.77. The molecule has 1 unspecified atom stereocenters. The standard InChI is InChI=1S/C12H23N5/c13-11-15-7-6-12(14,16-11)5-4-10-17-8-2-1-3-9-17/h6-7H,1-5,8-10,14H2,(H3,13,15,16). The normalized spacial score (nSPS) is 29.8. The van der Waals surface area contributed by atoms with Gasteiger partial charge in [0, 0.05) is 6.20 Å². The molecule has 0 aromatic rings. The largest absolute Gasteiger partial charge is 0.370 e. The predicted molar refractivity (Wildman–Crippen MR) is 70.3 cm³/mol.